The van der Waals surface area contributed by atoms with Gasteiger partial charge in [0.15, 0.2) is 6.10 Å². The molecule has 21 heavy (non-hydrogen) atoms. The van der Waals surface area contributed by atoms with Crippen molar-refractivity contribution in [1.29, 1.82) is 0 Å². The molecule has 2 heterocycles. The van der Waals surface area contributed by atoms with E-state index in [0.717, 1.165) is 17.0 Å². The quantitative estimate of drug-likeness (QED) is 0.915. The maximum atomic E-state index is 12.2. The monoisotopic (exact) mass is 286 g/mol. The number of carbonyl (C=O) groups excluding carboxylic acids is 1. The van der Waals surface area contributed by atoms with Crippen molar-refractivity contribution in [3.8, 4) is 5.75 Å². The van der Waals surface area contributed by atoms with Crippen molar-refractivity contribution >= 4 is 5.91 Å². The Balaban J connectivity index is 1.64. The summed E-state index contributed by atoms with van der Waals surface area (Å²) >= 11 is 0. The molecule has 0 fully saturated rings. The molecule has 1 aromatic heterocycles. The van der Waals surface area contributed by atoms with Crippen LogP contribution in [0.1, 0.15) is 22.4 Å². The highest BCUT2D eigenvalue weighted by molar-refractivity contribution is 5.82. The average molecular weight is 286 g/mol. The van der Waals surface area contributed by atoms with Crippen LogP contribution < -0.4 is 10.1 Å². The number of amides is 1. The van der Waals surface area contributed by atoms with E-state index in [-0.39, 0.29) is 5.91 Å². The lowest BCUT2D eigenvalue weighted by atomic mass is 10.0. The second-order valence-electron chi connectivity index (χ2n) is 5.42. The van der Waals surface area contributed by atoms with E-state index >= 15 is 0 Å². The summed E-state index contributed by atoms with van der Waals surface area (Å²) in [5.41, 5.74) is 4.35. The lowest BCUT2D eigenvalue weighted by Gasteiger charge is -2.11. The van der Waals surface area contributed by atoms with E-state index in [1.165, 1.54) is 11.1 Å². The maximum Gasteiger partial charge on any atom is 0.261 e. The molecule has 0 saturated carbocycles. The van der Waals surface area contributed by atoms with Crippen LogP contribution in [0.15, 0.2) is 18.3 Å². The highest BCUT2D eigenvalue weighted by Gasteiger charge is 2.29. The summed E-state index contributed by atoms with van der Waals surface area (Å²) in [6, 6.07) is 4.10. The number of nitrogens with zero attached hydrogens (tertiary/aromatic N) is 3. The number of rotatable bonds is 3. The molecular formula is C15H18N4O2. The van der Waals surface area contributed by atoms with Crippen molar-refractivity contribution < 1.29 is 9.53 Å². The smallest absolute Gasteiger partial charge is 0.261 e. The van der Waals surface area contributed by atoms with Crippen LogP contribution in [0.2, 0.25) is 0 Å². The highest BCUT2D eigenvalue weighted by Crippen LogP contribution is 2.31. The van der Waals surface area contributed by atoms with Crippen LogP contribution in [-0.4, -0.2) is 27.0 Å². The Labute approximate surface area is 123 Å². The Kier molecular flexibility index (Phi) is 3.37. The maximum absolute atomic E-state index is 12.2. The largest absolute Gasteiger partial charge is 0.480 e. The second-order valence-corrected chi connectivity index (χ2v) is 5.42. The van der Waals surface area contributed by atoms with Crippen LogP contribution in [0.5, 0.6) is 5.75 Å². The van der Waals surface area contributed by atoms with E-state index in [1.807, 2.05) is 13.0 Å². The van der Waals surface area contributed by atoms with Crippen molar-refractivity contribution in [2.45, 2.75) is 32.9 Å². The Morgan fingerprint density at radius 3 is 2.90 bits per heavy atom. The molecule has 1 N–H and O–H groups in total. The normalized spacial score (nSPS) is 16.4. The minimum Gasteiger partial charge on any atom is -0.480 e. The number of nitrogens with one attached hydrogen (secondary N) is 1. The van der Waals surface area contributed by atoms with E-state index in [1.54, 1.807) is 17.9 Å². The van der Waals surface area contributed by atoms with Crippen LogP contribution in [-0.2, 0) is 24.8 Å². The number of ether oxygens (including phenoxy) is 1. The van der Waals surface area contributed by atoms with Crippen molar-refractivity contribution in [3.05, 3.63) is 40.7 Å². The number of aryl methyl sites for hydroxylation is 3. The molecule has 1 amide bonds. The summed E-state index contributed by atoms with van der Waals surface area (Å²) in [4.78, 5) is 12.2. The molecule has 1 atom stereocenters. The first kappa shape index (κ1) is 13.6. The predicted octanol–water partition coefficient (Wildman–Crippen LogP) is 1.05. The van der Waals surface area contributed by atoms with Gasteiger partial charge in [-0.25, -0.2) is 0 Å². The molecule has 0 radical (unpaired) electrons. The summed E-state index contributed by atoms with van der Waals surface area (Å²) in [5, 5.41) is 10.5. The molecule has 0 saturated heterocycles. The molecule has 1 aliphatic heterocycles. The van der Waals surface area contributed by atoms with Gasteiger partial charge in [-0.05, 0) is 36.6 Å². The molecule has 3 rings (SSSR count). The topological polar surface area (TPSA) is 69.0 Å². The van der Waals surface area contributed by atoms with Crippen LogP contribution in [0.3, 0.4) is 0 Å². The van der Waals surface area contributed by atoms with E-state index in [9.17, 15) is 4.79 Å². The molecular weight excluding hydrogens is 268 g/mol. The third-order valence-corrected chi connectivity index (χ3v) is 3.90. The number of fused-ring (bicyclic) bond motifs is 1. The molecule has 1 aliphatic rings. The predicted molar refractivity (Wildman–Crippen MR) is 76.9 cm³/mol. The van der Waals surface area contributed by atoms with Gasteiger partial charge in [-0.15, -0.1) is 5.10 Å². The first-order valence-corrected chi connectivity index (χ1v) is 6.92. The van der Waals surface area contributed by atoms with Gasteiger partial charge in [0, 0.05) is 13.5 Å². The minimum atomic E-state index is -0.456. The Morgan fingerprint density at radius 1 is 1.43 bits per heavy atom. The Hall–Kier alpha value is -2.37. The summed E-state index contributed by atoms with van der Waals surface area (Å²) in [6.45, 7) is 4.51. The fourth-order valence-electron chi connectivity index (χ4n) is 2.42. The molecule has 0 aliphatic carbocycles. The zero-order chi connectivity index (χ0) is 15.0. The van der Waals surface area contributed by atoms with Crippen LogP contribution in [0.25, 0.3) is 0 Å². The van der Waals surface area contributed by atoms with E-state index < -0.39 is 6.10 Å². The zero-order valence-corrected chi connectivity index (χ0v) is 12.4. The van der Waals surface area contributed by atoms with Crippen LogP contribution in [0.4, 0.5) is 0 Å². The van der Waals surface area contributed by atoms with Gasteiger partial charge >= 0.3 is 0 Å². The molecule has 1 aromatic carbocycles. The number of aromatic nitrogens is 3. The zero-order valence-electron chi connectivity index (χ0n) is 12.4. The summed E-state index contributed by atoms with van der Waals surface area (Å²) in [6.07, 6.45) is 1.80. The third kappa shape index (κ3) is 2.61. The number of carbonyl (C=O) groups is 1. The highest BCUT2D eigenvalue weighted by atomic mass is 16.5. The number of benzene rings is 1. The summed E-state index contributed by atoms with van der Waals surface area (Å²) < 4.78 is 7.39. The van der Waals surface area contributed by atoms with E-state index in [0.29, 0.717) is 13.0 Å². The fraction of sp³-hybridized carbons (Fsp3) is 0.400. The first-order valence-electron chi connectivity index (χ1n) is 6.92. The molecule has 6 nitrogen and oxygen atoms in total. The fourth-order valence-corrected chi connectivity index (χ4v) is 2.42. The molecule has 2 aromatic rings. The Bertz CT molecular complexity index is 662. The minimum absolute atomic E-state index is 0.109. The summed E-state index contributed by atoms with van der Waals surface area (Å²) in [7, 11) is 1.79. The van der Waals surface area contributed by atoms with Crippen molar-refractivity contribution in [1.82, 2.24) is 20.3 Å². The van der Waals surface area contributed by atoms with E-state index in [4.69, 9.17) is 4.74 Å². The second kappa shape index (κ2) is 5.20. The van der Waals surface area contributed by atoms with Crippen molar-refractivity contribution in [2.75, 3.05) is 0 Å². The third-order valence-electron chi connectivity index (χ3n) is 3.90. The molecule has 0 spiro atoms. The lowest BCUT2D eigenvalue weighted by molar-refractivity contribution is -0.127. The SMILES string of the molecule is Cc1cc2c(cc1C)OC(C(=O)NCc1cnnn1C)C2. The van der Waals surface area contributed by atoms with Gasteiger partial charge in [0.1, 0.15) is 5.75 Å². The summed E-state index contributed by atoms with van der Waals surface area (Å²) in [5.74, 6) is 0.711. The van der Waals surface area contributed by atoms with Gasteiger partial charge < -0.3 is 10.1 Å². The molecule has 6 heteroatoms. The van der Waals surface area contributed by atoms with Crippen LogP contribution >= 0.6 is 0 Å². The van der Waals surface area contributed by atoms with Crippen LogP contribution in [0, 0.1) is 13.8 Å². The lowest BCUT2D eigenvalue weighted by Crippen LogP contribution is -2.37. The van der Waals surface area contributed by atoms with Crippen molar-refractivity contribution in [3.63, 3.8) is 0 Å². The standard InChI is InChI=1S/C15H18N4O2/c1-9-4-11-6-14(21-13(11)5-10(9)2)15(20)16-7-12-8-17-18-19(12)3/h4-5,8,14H,6-7H2,1-3H3,(H,16,20). The Morgan fingerprint density at radius 2 is 2.19 bits per heavy atom. The first-order chi connectivity index (χ1) is 10.0. The van der Waals surface area contributed by atoms with Gasteiger partial charge in [-0.3, -0.25) is 9.48 Å². The molecule has 110 valence electrons. The molecule has 0 bridgehead atoms. The number of hydrogen-bond donors (Lipinski definition) is 1. The van der Waals surface area contributed by atoms with Gasteiger partial charge in [0.2, 0.25) is 0 Å². The van der Waals surface area contributed by atoms with Gasteiger partial charge in [0.25, 0.3) is 5.91 Å². The van der Waals surface area contributed by atoms with E-state index in [2.05, 4.69) is 28.6 Å². The van der Waals surface area contributed by atoms with Gasteiger partial charge in [-0.1, -0.05) is 11.3 Å². The van der Waals surface area contributed by atoms with Gasteiger partial charge in [-0.2, -0.15) is 0 Å². The average Bonchev–Trinajstić information content (AvgIpc) is 3.03. The molecule has 1 unspecified atom stereocenters. The number of hydrogen-bond acceptors (Lipinski definition) is 4. The van der Waals surface area contributed by atoms with Crippen molar-refractivity contribution in [2.24, 2.45) is 7.05 Å². The van der Waals surface area contributed by atoms with Gasteiger partial charge in [0.05, 0.1) is 18.4 Å².